The van der Waals surface area contributed by atoms with Gasteiger partial charge in [0.2, 0.25) is 0 Å². The third kappa shape index (κ3) is 0.925. The lowest BCUT2D eigenvalue weighted by atomic mass is 9.59. The molecular weight excluding hydrogens is 224 g/mol. The van der Waals surface area contributed by atoms with Crippen molar-refractivity contribution >= 4 is 11.6 Å². The van der Waals surface area contributed by atoms with Crippen molar-refractivity contribution in [1.29, 1.82) is 0 Å². The fourth-order valence-electron chi connectivity index (χ4n) is 3.35. The predicted octanol–water partition coefficient (Wildman–Crippen LogP) is 2.89. The summed E-state index contributed by atoms with van der Waals surface area (Å²) in [6, 6.07) is -2.81. The molecule has 18 heavy (non-hydrogen) atoms. The molecule has 1 aromatic rings. The van der Waals surface area contributed by atoms with E-state index in [1.165, 1.54) is 0 Å². The van der Waals surface area contributed by atoms with Crippen LogP contribution in [0.1, 0.15) is 45.0 Å². The Kier molecular flexibility index (Phi) is 0.853. The summed E-state index contributed by atoms with van der Waals surface area (Å²) in [6.45, 7) is -2.97. The lowest BCUT2D eigenvalue weighted by molar-refractivity contribution is 0.0552. The van der Waals surface area contributed by atoms with Crippen LogP contribution in [0.3, 0.4) is 0 Å². The van der Waals surface area contributed by atoms with Gasteiger partial charge in [0.15, 0.2) is 11.6 Å². The van der Waals surface area contributed by atoms with Gasteiger partial charge in [-0.15, -0.1) is 0 Å². The highest BCUT2D eigenvalue weighted by atomic mass is 16.1. The van der Waals surface area contributed by atoms with Crippen LogP contribution in [0, 0.1) is 23.1 Å². The van der Waals surface area contributed by atoms with Crippen molar-refractivity contribution < 1.29 is 20.6 Å². The summed E-state index contributed by atoms with van der Waals surface area (Å²) in [5, 5.41) is 0. The summed E-state index contributed by atoms with van der Waals surface area (Å²) in [5.41, 5.74) is -3.49. The van der Waals surface area contributed by atoms with Gasteiger partial charge in [-0.3, -0.25) is 9.59 Å². The van der Waals surface area contributed by atoms with Crippen LogP contribution in [-0.4, -0.2) is 11.6 Å². The monoisotopic (exact) mass is 246 g/mol. The normalized spacial score (nSPS) is 51.1. The van der Waals surface area contributed by atoms with E-state index in [-0.39, 0.29) is 6.42 Å². The van der Waals surface area contributed by atoms with E-state index in [1.54, 1.807) is 12.2 Å². The van der Waals surface area contributed by atoms with E-state index in [2.05, 4.69) is 0 Å². The molecular formula is C16H14O2. The number of hydrogen-bond acceptors (Lipinski definition) is 2. The maximum Gasteiger partial charge on any atom is 0.170 e. The number of carbonyl (C=O) groups excluding carboxylic acids is 2. The van der Waals surface area contributed by atoms with Gasteiger partial charge in [-0.2, -0.15) is 0 Å². The Labute approximate surface area is 117 Å². The molecule has 4 atom stereocenters. The van der Waals surface area contributed by atoms with Crippen LogP contribution in [-0.2, 0) is 0 Å². The van der Waals surface area contributed by atoms with E-state index in [4.69, 9.17) is 11.0 Å². The van der Waals surface area contributed by atoms with Gasteiger partial charge < -0.3 is 0 Å². The minimum Gasteiger partial charge on any atom is -0.294 e. The Morgan fingerprint density at radius 2 is 2.11 bits per heavy atom. The quantitative estimate of drug-likeness (QED) is 0.660. The minimum absolute atomic E-state index is 0.162. The molecule has 3 aliphatic carbocycles. The summed E-state index contributed by atoms with van der Waals surface area (Å²) in [4.78, 5) is 26.7. The standard InChI is InChI=1S/C16H14O2/c1-16-10-7-6-9(8-10)13(16)14(17)11-4-2-3-5-12(11)15(16)18/h2-7,9-10,13H,8H2,1H3/t9-,10+,13+,16-/m0/s1/i1D3,2D,3D,4D,5D,13D. The number of allylic oxidation sites excluding steroid dienone is 2. The number of carbonyl (C=O) groups is 2. The Hall–Kier alpha value is -1.70. The summed E-state index contributed by atoms with van der Waals surface area (Å²) in [6.07, 6.45) is 3.28. The average Bonchev–Trinajstić information content (AvgIpc) is 3.12. The lowest BCUT2D eigenvalue weighted by Gasteiger charge is -2.40. The van der Waals surface area contributed by atoms with Crippen molar-refractivity contribution in [3.63, 3.8) is 0 Å². The Morgan fingerprint density at radius 1 is 1.33 bits per heavy atom. The van der Waals surface area contributed by atoms with Crippen LogP contribution in [0.5, 0.6) is 0 Å². The van der Waals surface area contributed by atoms with E-state index in [1.807, 2.05) is 0 Å². The van der Waals surface area contributed by atoms with Crippen LogP contribution in [0.15, 0.2) is 36.3 Å². The molecule has 0 spiro atoms. The molecule has 0 radical (unpaired) electrons. The molecule has 1 fully saturated rings. The van der Waals surface area contributed by atoms with Gasteiger partial charge in [0.1, 0.15) is 0 Å². The van der Waals surface area contributed by atoms with Gasteiger partial charge >= 0.3 is 0 Å². The van der Waals surface area contributed by atoms with Gasteiger partial charge in [-0.1, -0.05) is 43.2 Å². The second-order valence-electron chi connectivity index (χ2n) is 4.96. The maximum atomic E-state index is 13.4. The second kappa shape index (κ2) is 3.00. The van der Waals surface area contributed by atoms with Crippen LogP contribution >= 0.6 is 0 Å². The largest absolute Gasteiger partial charge is 0.294 e. The van der Waals surface area contributed by atoms with Crippen LogP contribution in [0.25, 0.3) is 0 Å². The van der Waals surface area contributed by atoms with E-state index >= 15 is 0 Å². The highest BCUT2D eigenvalue weighted by Gasteiger charge is 2.62. The zero-order chi connectivity index (χ0) is 19.4. The van der Waals surface area contributed by atoms with Gasteiger partial charge in [0.25, 0.3) is 0 Å². The predicted molar refractivity (Wildman–Crippen MR) is 67.4 cm³/mol. The number of hydrogen-bond donors (Lipinski definition) is 0. The van der Waals surface area contributed by atoms with Gasteiger partial charge in [-0.25, -0.2) is 0 Å². The molecule has 0 N–H and O–H groups in total. The fourth-order valence-corrected chi connectivity index (χ4v) is 3.35. The molecule has 0 aromatic heterocycles. The summed E-state index contributed by atoms with van der Waals surface area (Å²) < 4.78 is 64.5. The number of benzene rings is 1. The molecule has 0 aliphatic heterocycles. The second-order valence-corrected chi connectivity index (χ2v) is 4.96. The summed E-state index contributed by atoms with van der Waals surface area (Å²) in [5.74, 6) is -5.99. The summed E-state index contributed by atoms with van der Waals surface area (Å²) in [7, 11) is 0. The van der Waals surface area contributed by atoms with Gasteiger partial charge in [0.05, 0.1) is 5.48 Å². The topological polar surface area (TPSA) is 34.1 Å². The van der Waals surface area contributed by atoms with Crippen LogP contribution < -0.4 is 0 Å². The van der Waals surface area contributed by atoms with Crippen LogP contribution in [0.4, 0.5) is 0 Å². The maximum absolute atomic E-state index is 13.4. The highest BCUT2D eigenvalue weighted by Crippen LogP contribution is 2.60. The molecule has 2 heteroatoms. The number of fused-ring (bicyclic) bond motifs is 6. The van der Waals surface area contributed by atoms with Crippen molar-refractivity contribution in [2.45, 2.75) is 13.3 Å². The molecule has 2 nitrogen and oxygen atoms in total. The van der Waals surface area contributed by atoms with E-state index < -0.39 is 76.9 Å². The van der Waals surface area contributed by atoms with Crippen molar-refractivity contribution in [1.82, 2.24) is 0 Å². The van der Waals surface area contributed by atoms with Crippen molar-refractivity contribution in [3.05, 3.63) is 47.4 Å². The Balaban J connectivity index is 2.18. The average molecular weight is 246 g/mol. The lowest BCUT2D eigenvalue weighted by Crippen LogP contribution is -2.47. The van der Waals surface area contributed by atoms with Crippen molar-refractivity contribution in [3.8, 4) is 0 Å². The molecule has 90 valence electrons. The zero-order valence-corrected chi connectivity index (χ0v) is 9.33. The molecule has 0 unspecified atom stereocenters. The fraction of sp³-hybridized carbons (Fsp3) is 0.375. The molecule has 3 aliphatic rings. The first-order valence-corrected chi connectivity index (χ1v) is 5.80. The van der Waals surface area contributed by atoms with Gasteiger partial charge in [-0.05, 0) is 18.3 Å². The molecule has 1 saturated carbocycles. The Bertz CT molecular complexity index is 933. The van der Waals surface area contributed by atoms with E-state index in [0.29, 0.717) is 0 Å². The molecule has 4 rings (SSSR count). The Morgan fingerprint density at radius 3 is 2.89 bits per heavy atom. The number of Topliss-reactive ketones (excluding diaryl/α,β-unsaturated/α-hetero) is 2. The zero-order valence-electron chi connectivity index (χ0n) is 17.3. The first-order chi connectivity index (χ1) is 11.9. The third-order valence-electron chi connectivity index (χ3n) is 4.18. The molecule has 2 bridgehead atoms. The number of ketones is 2. The van der Waals surface area contributed by atoms with E-state index in [9.17, 15) is 9.59 Å². The van der Waals surface area contributed by atoms with Gasteiger partial charge in [0, 0.05) is 27.9 Å². The molecule has 0 amide bonds. The van der Waals surface area contributed by atoms with Crippen LogP contribution in [0.2, 0.25) is 0 Å². The molecule has 1 aromatic carbocycles. The first kappa shape index (κ1) is 5.12. The van der Waals surface area contributed by atoms with E-state index in [0.717, 1.165) is 0 Å². The minimum atomic E-state index is -2.97. The number of rotatable bonds is 0. The summed E-state index contributed by atoms with van der Waals surface area (Å²) >= 11 is 0. The van der Waals surface area contributed by atoms with Crippen molar-refractivity contribution in [2.24, 2.45) is 23.1 Å². The molecule has 0 heterocycles. The van der Waals surface area contributed by atoms with Crippen molar-refractivity contribution in [2.75, 3.05) is 0 Å². The molecule has 0 saturated heterocycles. The first-order valence-electron chi connectivity index (χ1n) is 9.80. The SMILES string of the molecule is [2H]c1c([2H])c([2H])c2c(c1[2H])C(=O)[C@@]1([2H])[C@H]3C=C[C@H](C3)[C@]1(C([2H])([2H])[2H])C2=O. The smallest absolute Gasteiger partial charge is 0.170 e. The highest BCUT2D eigenvalue weighted by molar-refractivity contribution is 6.18. The third-order valence-corrected chi connectivity index (χ3v) is 4.18.